The number of carbonyl (C=O) groups is 3. The van der Waals surface area contributed by atoms with Crippen molar-refractivity contribution in [3.63, 3.8) is 0 Å². The molecule has 0 bridgehead atoms. The topological polar surface area (TPSA) is 90.9 Å². The van der Waals surface area contributed by atoms with E-state index >= 15 is 0 Å². The van der Waals surface area contributed by atoms with Crippen LogP contribution in [0.3, 0.4) is 0 Å². The van der Waals surface area contributed by atoms with Gasteiger partial charge < -0.3 is 14.3 Å². The van der Waals surface area contributed by atoms with Gasteiger partial charge in [-0.2, -0.15) is 5.48 Å². The summed E-state index contributed by atoms with van der Waals surface area (Å²) in [6.45, 7) is 7.20. The van der Waals surface area contributed by atoms with E-state index in [4.69, 9.17) is 14.3 Å². The monoisotopic (exact) mass is 443 g/mol. The lowest BCUT2D eigenvalue weighted by molar-refractivity contribution is -0.175. The highest BCUT2D eigenvalue weighted by Crippen LogP contribution is 2.20. The number of esters is 2. The number of rotatable bonds is 11. The van der Waals surface area contributed by atoms with Gasteiger partial charge in [-0.15, -0.1) is 0 Å². The van der Waals surface area contributed by atoms with Crippen molar-refractivity contribution in [3.8, 4) is 0 Å². The lowest BCUT2D eigenvalue weighted by Crippen LogP contribution is -2.61. The highest BCUT2D eigenvalue weighted by atomic mass is 79.9. The lowest BCUT2D eigenvalue weighted by atomic mass is 9.90. The summed E-state index contributed by atoms with van der Waals surface area (Å²) in [7, 11) is 0. The van der Waals surface area contributed by atoms with Crippen molar-refractivity contribution >= 4 is 33.7 Å². The molecule has 0 spiro atoms. The molecule has 0 saturated heterocycles. The van der Waals surface area contributed by atoms with Crippen LogP contribution in [0.5, 0.6) is 0 Å². The fourth-order valence-electron chi connectivity index (χ4n) is 2.37. The molecule has 1 unspecified atom stereocenters. The molecule has 0 aromatic heterocycles. The smallest absolute Gasteiger partial charge is 0.340 e. The molecule has 0 aliphatic rings. The number of hydrogen-bond acceptors (Lipinski definition) is 7. The second-order valence-corrected chi connectivity index (χ2v) is 7.11. The van der Waals surface area contributed by atoms with E-state index < -0.39 is 17.5 Å². The molecule has 1 aromatic carbocycles. The van der Waals surface area contributed by atoms with Gasteiger partial charge in [0.25, 0.3) is 0 Å². The summed E-state index contributed by atoms with van der Waals surface area (Å²) in [5, 5.41) is 0. The van der Waals surface area contributed by atoms with Crippen LogP contribution in [-0.2, 0) is 30.3 Å². The van der Waals surface area contributed by atoms with Gasteiger partial charge in [0.1, 0.15) is 0 Å². The highest BCUT2D eigenvalue weighted by Gasteiger charge is 2.50. The van der Waals surface area contributed by atoms with Crippen molar-refractivity contribution in [1.29, 1.82) is 0 Å². The Bertz CT molecular complexity index is 626. The third kappa shape index (κ3) is 6.12. The summed E-state index contributed by atoms with van der Waals surface area (Å²) < 4.78 is 10.2. The summed E-state index contributed by atoms with van der Waals surface area (Å²) >= 11 is 3.25. The molecule has 150 valence electrons. The summed E-state index contributed by atoms with van der Waals surface area (Å²) in [5.74, 6) is -1.63. The van der Waals surface area contributed by atoms with Gasteiger partial charge in [-0.05, 0) is 33.3 Å². The Kier molecular flexibility index (Phi) is 9.62. The minimum Gasteiger partial charge on any atom is -0.464 e. The summed E-state index contributed by atoms with van der Waals surface area (Å²) in [6, 6.07) is 6.67. The Morgan fingerprint density at radius 2 is 1.52 bits per heavy atom. The maximum atomic E-state index is 12.6. The molecule has 0 saturated carbocycles. The molecule has 0 fully saturated rings. The van der Waals surface area contributed by atoms with Crippen molar-refractivity contribution < 1.29 is 28.7 Å². The molecule has 1 atom stereocenters. The van der Waals surface area contributed by atoms with Crippen LogP contribution >= 0.6 is 15.9 Å². The number of hydrogen-bond donors (Lipinski definition) is 1. The van der Waals surface area contributed by atoms with Crippen LogP contribution in [0.15, 0.2) is 24.3 Å². The van der Waals surface area contributed by atoms with Crippen LogP contribution < -0.4 is 5.48 Å². The highest BCUT2D eigenvalue weighted by molar-refractivity contribution is 9.10. The quantitative estimate of drug-likeness (QED) is 0.185. The molecule has 1 aromatic rings. The molecule has 8 heteroatoms. The Labute approximate surface area is 167 Å². The predicted octanol–water partition coefficient (Wildman–Crippen LogP) is 2.60. The maximum Gasteiger partial charge on any atom is 0.340 e. The second-order valence-electron chi connectivity index (χ2n) is 5.74. The Morgan fingerprint density at radius 1 is 1.00 bits per heavy atom. The molecular weight excluding hydrogens is 418 g/mol. The second kappa shape index (κ2) is 11.2. The molecule has 1 rings (SSSR count). The van der Waals surface area contributed by atoms with Gasteiger partial charge in [-0.3, -0.25) is 4.79 Å². The van der Waals surface area contributed by atoms with E-state index in [0.717, 1.165) is 0 Å². The normalized spacial score (nSPS) is 12.3. The summed E-state index contributed by atoms with van der Waals surface area (Å²) in [5.41, 5.74) is 1.86. The number of nitrogens with one attached hydrogen (secondary N) is 1. The number of ether oxygens (including phenoxy) is 2. The van der Waals surface area contributed by atoms with Gasteiger partial charge in [-0.25, -0.2) is 9.59 Å². The minimum absolute atomic E-state index is 0.0526. The van der Waals surface area contributed by atoms with Crippen LogP contribution in [0.2, 0.25) is 0 Å². The van der Waals surface area contributed by atoms with Crippen molar-refractivity contribution in [2.24, 2.45) is 0 Å². The largest absolute Gasteiger partial charge is 0.464 e. The van der Waals surface area contributed by atoms with E-state index in [1.165, 1.54) is 0 Å². The fourth-order valence-corrected chi connectivity index (χ4v) is 2.64. The standard InChI is InChI=1S/C19H26BrNO6/c1-5-25-17(23)19(21-27-7-3,18(24)26-6-2)12-14-8-10-15(11-9-14)16(22)13(4)20/h8-11,13,21H,5-7,12H2,1-4H3. The van der Waals surface area contributed by atoms with Crippen molar-refractivity contribution in [2.75, 3.05) is 19.8 Å². The zero-order valence-corrected chi connectivity index (χ0v) is 17.6. The first-order valence-corrected chi connectivity index (χ1v) is 9.74. The molecule has 0 aliphatic carbocycles. The van der Waals surface area contributed by atoms with Gasteiger partial charge >= 0.3 is 11.9 Å². The Morgan fingerprint density at radius 3 is 1.93 bits per heavy atom. The zero-order valence-electron chi connectivity index (χ0n) is 16.0. The van der Waals surface area contributed by atoms with Crippen LogP contribution in [0, 0.1) is 0 Å². The number of carbonyl (C=O) groups excluding carboxylic acids is 3. The van der Waals surface area contributed by atoms with E-state index in [1.54, 1.807) is 52.0 Å². The fraction of sp³-hybridized carbons (Fsp3) is 0.526. The van der Waals surface area contributed by atoms with Crippen molar-refractivity contribution in [1.82, 2.24) is 5.48 Å². The molecule has 0 amide bonds. The van der Waals surface area contributed by atoms with Crippen LogP contribution in [0.4, 0.5) is 0 Å². The van der Waals surface area contributed by atoms with Crippen LogP contribution in [0.1, 0.15) is 43.6 Å². The van der Waals surface area contributed by atoms with Crippen molar-refractivity contribution in [2.45, 2.75) is 44.5 Å². The van der Waals surface area contributed by atoms with E-state index in [-0.39, 0.29) is 36.9 Å². The number of hydroxylamine groups is 1. The molecule has 0 heterocycles. The van der Waals surface area contributed by atoms with Gasteiger partial charge in [0.05, 0.1) is 24.6 Å². The first-order valence-electron chi connectivity index (χ1n) is 8.82. The van der Waals surface area contributed by atoms with E-state index in [1.807, 2.05) is 0 Å². The third-order valence-corrected chi connectivity index (χ3v) is 4.12. The molecule has 1 N–H and O–H groups in total. The lowest BCUT2D eigenvalue weighted by Gasteiger charge is -2.29. The molecule has 0 radical (unpaired) electrons. The SMILES string of the molecule is CCONC(Cc1ccc(C(=O)C(C)Br)cc1)(C(=O)OCC)C(=O)OCC. The number of halogens is 1. The first-order chi connectivity index (χ1) is 12.8. The van der Waals surface area contributed by atoms with E-state index in [0.29, 0.717) is 11.1 Å². The molecule has 0 aliphatic heterocycles. The molecule has 27 heavy (non-hydrogen) atoms. The molecular formula is C19H26BrNO6. The van der Waals surface area contributed by atoms with Gasteiger partial charge in [0.2, 0.25) is 5.54 Å². The zero-order chi connectivity index (χ0) is 20.4. The Balaban J connectivity index is 3.22. The van der Waals surface area contributed by atoms with Gasteiger partial charge in [0, 0.05) is 12.0 Å². The predicted molar refractivity (Wildman–Crippen MR) is 104 cm³/mol. The van der Waals surface area contributed by atoms with E-state index in [9.17, 15) is 14.4 Å². The first kappa shape index (κ1) is 23.3. The maximum absolute atomic E-state index is 12.6. The van der Waals surface area contributed by atoms with Crippen LogP contribution in [0.25, 0.3) is 0 Å². The van der Waals surface area contributed by atoms with Gasteiger partial charge in [-0.1, -0.05) is 40.2 Å². The van der Waals surface area contributed by atoms with Crippen LogP contribution in [-0.4, -0.2) is 47.9 Å². The number of ketones is 1. The number of alkyl halides is 1. The van der Waals surface area contributed by atoms with E-state index in [2.05, 4.69) is 21.4 Å². The number of benzene rings is 1. The minimum atomic E-state index is -1.84. The summed E-state index contributed by atoms with van der Waals surface area (Å²) in [4.78, 5) is 42.2. The van der Waals surface area contributed by atoms with Gasteiger partial charge in [0.15, 0.2) is 5.78 Å². The number of Topliss-reactive ketones (excluding diaryl/α,β-unsaturated/α-hetero) is 1. The average Bonchev–Trinajstić information content (AvgIpc) is 2.65. The average molecular weight is 444 g/mol. The Hall–Kier alpha value is -1.77. The van der Waals surface area contributed by atoms with Crippen molar-refractivity contribution in [3.05, 3.63) is 35.4 Å². The summed E-state index contributed by atoms with van der Waals surface area (Å²) in [6.07, 6.45) is -0.0526. The molecule has 7 nitrogen and oxygen atoms in total. The third-order valence-electron chi connectivity index (χ3n) is 3.71.